The summed E-state index contributed by atoms with van der Waals surface area (Å²) in [5, 5.41) is 27.9. The van der Waals surface area contributed by atoms with Crippen LogP contribution in [0.15, 0.2) is 73.3 Å². The molecule has 0 unspecified atom stereocenters. The smallest absolute Gasteiger partial charge is 0.335 e. The van der Waals surface area contributed by atoms with E-state index >= 15 is 0 Å². The lowest BCUT2D eigenvalue weighted by atomic mass is 10.00. The molecule has 0 fully saturated rings. The van der Waals surface area contributed by atoms with Crippen molar-refractivity contribution in [3.8, 4) is 17.6 Å². The van der Waals surface area contributed by atoms with E-state index in [1.165, 1.54) is 24.3 Å². The standard InChI is InChI=1S/C29H25NO6/c1-3-5-24-14-20(15-25(17-30)21-10-12-23(13-11-21)29(33)34)16-26(35-4-2)27(24)36-18-19-6-8-22(9-7-19)28(31)32/h3,6-16H,1,4-5,18H2,2H3,(H,31,32)(H,33,34)/b25-15-. The highest BCUT2D eigenvalue weighted by atomic mass is 16.5. The van der Waals surface area contributed by atoms with Crippen LogP contribution < -0.4 is 9.47 Å². The molecule has 3 aromatic carbocycles. The lowest BCUT2D eigenvalue weighted by Crippen LogP contribution is -2.04. The van der Waals surface area contributed by atoms with E-state index in [1.807, 2.05) is 13.0 Å². The Hall–Kier alpha value is -4.83. The summed E-state index contributed by atoms with van der Waals surface area (Å²) in [4.78, 5) is 22.2. The van der Waals surface area contributed by atoms with Crippen molar-refractivity contribution in [3.63, 3.8) is 0 Å². The zero-order valence-corrected chi connectivity index (χ0v) is 19.7. The van der Waals surface area contributed by atoms with Crippen molar-refractivity contribution in [2.75, 3.05) is 6.61 Å². The number of hydrogen-bond donors (Lipinski definition) is 2. The second-order valence-corrected chi connectivity index (χ2v) is 7.78. The van der Waals surface area contributed by atoms with Crippen LogP contribution in [-0.2, 0) is 13.0 Å². The molecule has 0 bridgehead atoms. The molecule has 0 radical (unpaired) electrons. The molecule has 0 aromatic heterocycles. The maximum absolute atomic E-state index is 11.1. The number of rotatable bonds is 11. The Morgan fingerprint density at radius 3 is 2.06 bits per heavy atom. The first-order valence-corrected chi connectivity index (χ1v) is 11.2. The SMILES string of the molecule is C=CCc1cc(/C=C(/C#N)c2ccc(C(=O)O)cc2)cc(OCC)c1OCc1ccc(C(=O)O)cc1. The van der Waals surface area contributed by atoms with Gasteiger partial charge in [0.1, 0.15) is 6.61 Å². The minimum atomic E-state index is -1.03. The van der Waals surface area contributed by atoms with E-state index in [1.54, 1.807) is 42.5 Å². The van der Waals surface area contributed by atoms with E-state index in [-0.39, 0.29) is 17.7 Å². The zero-order chi connectivity index (χ0) is 26.1. The number of hydrogen-bond acceptors (Lipinski definition) is 5. The van der Waals surface area contributed by atoms with Gasteiger partial charge < -0.3 is 19.7 Å². The number of carbonyl (C=O) groups is 2. The molecule has 36 heavy (non-hydrogen) atoms. The van der Waals surface area contributed by atoms with Crippen molar-refractivity contribution in [1.82, 2.24) is 0 Å². The van der Waals surface area contributed by atoms with Gasteiger partial charge in [0.15, 0.2) is 11.5 Å². The van der Waals surface area contributed by atoms with E-state index in [0.717, 1.165) is 11.1 Å². The number of allylic oxidation sites excluding steroid dienone is 2. The summed E-state index contributed by atoms with van der Waals surface area (Å²) in [6, 6.07) is 18.4. The average Bonchev–Trinajstić information content (AvgIpc) is 2.87. The number of carboxylic acids is 2. The number of benzene rings is 3. The van der Waals surface area contributed by atoms with Crippen LogP contribution >= 0.6 is 0 Å². The van der Waals surface area contributed by atoms with Crippen LogP contribution in [0.1, 0.15) is 49.9 Å². The van der Waals surface area contributed by atoms with Crippen LogP contribution in [-0.4, -0.2) is 28.8 Å². The predicted octanol–water partition coefficient (Wildman–Crippen LogP) is 5.85. The molecule has 0 aliphatic carbocycles. The molecule has 3 aromatic rings. The molecule has 0 atom stereocenters. The van der Waals surface area contributed by atoms with Gasteiger partial charge in [0, 0.05) is 5.56 Å². The van der Waals surface area contributed by atoms with Gasteiger partial charge in [-0.1, -0.05) is 30.3 Å². The van der Waals surface area contributed by atoms with Crippen molar-refractivity contribution in [2.24, 2.45) is 0 Å². The summed E-state index contributed by atoms with van der Waals surface area (Å²) >= 11 is 0. The number of ether oxygens (including phenoxy) is 2. The van der Waals surface area contributed by atoms with E-state index in [2.05, 4.69) is 12.6 Å². The van der Waals surface area contributed by atoms with Crippen molar-refractivity contribution in [2.45, 2.75) is 20.0 Å². The summed E-state index contributed by atoms with van der Waals surface area (Å²) in [5.74, 6) is -0.982. The summed E-state index contributed by atoms with van der Waals surface area (Å²) in [5.41, 5.74) is 3.62. The van der Waals surface area contributed by atoms with E-state index < -0.39 is 11.9 Å². The van der Waals surface area contributed by atoms with Crippen molar-refractivity contribution in [3.05, 3.63) is 107 Å². The molecule has 7 nitrogen and oxygen atoms in total. The van der Waals surface area contributed by atoms with E-state index in [4.69, 9.17) is 19.7 Å². The molecule has 0 heterocycles. The first-order valence-electron chi connectivity index (χ1n) is 11.2. The van der Waals surface area contributed by atoms with Gasteiger partial charge in [0.2, 0.25) is 0 Å². The van der Waals surface area contributed by atoms with Crippen molar-refractivity contribution < 1.29 is 29.3 Å². The molecule has 7 heteroatoms. The highest BCUT2D eigenvalue weighted by molar-refractivity contribution is 5.92. The number of aromatic carboxylic acids is 2. The third-order valence-corrected chi connectivity index (χ3v) is 5.28. The first-order chi connectivity index (χ1) is 17.4. The maximum atomic E-state index is 11.1. The zero-order valence-electron chi connectivity index (χ0n) is 19.7. The molecular weight excluding hydrogens is 458 g/mol. The van der Waals surface area contributed by atoms with Gasteiger partial charge in [-0.3, -0.25) is 0 Å². The Kier molecular flexibility index (Phi) is 8.63. The second-order valence-electron chi connectivity index (χ2n) is 7.78. The lowest BCUT2D eigenvalue weighted by molar-refractivity contribution is 0.0686. The topological polar surface area (TPSA) is 117 Å². The van der Waals surface area contributed by atoms with E-state index in [0.29, 0.717) is 41.2 Å². The molecule has 0 spiro atoms. The molecule has 0 amide bonds. The summed E-state index contributed by atoms with van der Waals surface area (Å²) in [6.07, 6.45) is 3.94. The molecule has 3 rings (SSSR count). The molecule has 0 saturated carbocycles. The summed E-state index contributed by atoms with van der Waals surface area (Å²) < 4.78 is 12.0. The number of nitrogens with zero attached hydrogens (tertiary/aromatic N) is 1. The normalized spacial score (nSPS) is 10.8. The van der Waals surface area contributed by atoms with Gasteiger partial charge in [-0.2, -0.15) is 5.26 Å². The van der Waals surface area contributed by atoms with Gasteiger partial charge >= 0.3 is 11.9 Å². The maximum Gasteiger partial charge on any atom is 0.335 e. The third kappa shape index (κ3) is 6.39. The Balaban J connectivity index is 1.96. The Morgan fingerprint density at radius 1 is 0.944 bits per heavy atom. The number of nitriles is 1. The van der Waals surface area contributed by atoms with Crippen LogP contribution in [0.4, 0.5) is 0 Å². The third-order valence-electron chi connectivity index (χ3n) is 5.28. The minimum absolute atomic E-state index is 0.141. The van der Waals surface area contributed by atoms with Crippen molar-refractivity contribution >= 4 is 23.6 Å². The summed E-state index contributed by atoms with van der Waals surface area (Å²) in [7, 11) is 0. The van der Waals surface area contributed by atoms with Crippen molar-refractivity contribution in [1.29, 1.82) is 5.26 Å². The second kappa shape index (κ2) is 12.0. The molecule has 2 N–H and O–H groups in total. The fraction of sp³-hybridized carbons (Fsp3) is 0.138. The fourth-order valence-corrected chi connectivity index (χ4v) is 3.54. The van der Waals surface area contributed by atoms with E-state index in [9.17, 15) is 14.9 Å². The monoisotopic (exact) mass is 483 g/mol. The largest absolute Gasteiger partial charge is 0.490 e. The first kappa shape index (κ1) is 25.8. The quantitative estimate of drug-likeness (QED) is 0.199. The van der Waals surface area contributed by atoms with Gasteiger partial charge in [0.25, 0.3) is 0 Å². The van der Waals surface area contributed by atoms with Gasteiger partial charge in [-0.05, 0) is 72.5 Å². The fourth-order valence-electron chi connectivity index (χ4n) is 3.54. The Morgan fingerprint density at radius 2 is 1.53 bits per heavy atom. The van der Waals surface area contributed by atoms with Gasteiger partial charge in [0.05, 0.1) is 29.4 Å². The highest BCUT2D eigenvalue weighted by Crippen LogP contribution is 2.36. The van der Waals surface area contributed by atoms with Crippen LogP contribution in [0.5, 0.6) is 11.5 Å². The predicted molar refractivity (Wildman–Crippen MR) is 136 cm³/mol. The Labute approximate surface area is 209 Å². The van der Waals surface area contributed by atoms with Crippen LogP contribution in [0, 0.1) is 11.3 Å². The average molecular weight is 484 g/mol. The van der Waals surface area contributed by atoms with Crippen LogP contribution in [0.2, 0.25) is 0 Å². The van der Waals surface area contributed by atoms with Gasteiger partial charge in [-0.25, -0.2) is 9.59 Å². The lowest BCUT2D eigenvalue weighted by Gasteiger charge is -2.17. The number of carboxylic acid groups (broad SMARTS) is 2. The van der Waals surface area contributed by atoms with Crippen LogP contribution in [0.25, 0.3) is 11.6 Å². The minimum Gasteiger partial charge on any atom is -0.490 e. The molecule has 0 aliphatic rings. The molecule has 182 valence electrons. The Bertz CT molecular complexity index is 1330. The molecule has 0 aliphatic heterocycles. The highest BCUT2D eigenvalue weighted by Gasteiger charge is 2.14. The summed E-state index contributed by atoms with van der Waals surface area (Å²) in [6.45, 7) is 6.28. The van der Waals surface area contributed by atoms with Gasteiger partial charge in [-0.15, -0.1) is 6.58 Å². The van der Waals surface area contributed by atoms with Crippen LogP contribution in [0.3, 0.4) is 0 Å². The molecule has 0 saturated heterocycles. The molecular formula is C29H25NO6.